The minimum Gasteiger partial charge on any atom is -0.492 e. The van der Waals surface area contributed by atoms with Crippen LogP contribution >= 0.6 is 23.2 Å². The van der Waals surface area contributed by atoms with Crippen molar-refractivity contribution in [1.82, 2.24) is 14.9 Å². The summed E-state index contributed by atoms with van der Waals surface area (Å²) in [6, 6.07) is 7.04. The molecule has 0 spiro atoms. The number of hydrogen-bond donors (Lipinski definition) is 0. The van der Waals surface area contributed by atoms with E-state index in [-0.39, 0.29) is 16.8 Å². The molecule has 0 radical (unpaired) electrons. The summed E-state index contributed by atoms with van der Waals surface area (Å²) in [5.74, 6) is 0.463. The van der Waals surface area contributed by atoms with Crippen molar-refractivity contribution in [3.05, 3.63) is 52.5 Å². The molecule has 0 aliphatic rings. The van der Waals surface area contributed by atoms with Crippen LogP contribution in [0.1, 0.15) is 10.5 Å². The third-order valence-electron chi connectivity index (χ3n) is 2.70. The van der Waals surface area contributed by atoms with E-state index in [9.17, 15) is 4.79 Å². The summed E-state index contributed by atoms with van der Waals surface area (Å²) in [5, 5.41) is 0.899. The van der Waals surface area contributed by atoms with Crippen molar-refractivity contribution in [2.75, 3.05) is 20.2 Å². The summed E-state index contributed by atoms with van der Waals surface area (Å²) >= 11 is 11.4. The zero-order valence-corrected chi connectivity index (χ0v) is 12.8. The minimum absolute atomic E-state index is 0.237. The highest BCUT2D eigenvalue weighted by atomic mass is 35.5. The Morgan fingerprint density at radius 2 is 1.90 bits per heavy atom. The fourth-order valence-electron chi connectivity index (χ4n) is 1.55. The molecule has 0 unspecified atom stereocenters. The van der Waals surface area contributed by atoms with Gasteiger partial charge in [0, 0.05) is 12.1 Å². The van der Waals surface area contributed by atoms with E-state index in [4.69, 9.17) is 27.9 Å². The standard InChI is InChI=1S/C14H13Cl2N3O2/c1-19(14(20)12-8-18-13(16)9-17-12)6-7-21-11-4-2-10(15)3-5-11/h2-5,8-9H,6-7H2,1H3. The normalized spacial score (nSPS) is 10.2. The van der Waals surface area contributed by atoms with Crippen molar-refractivity contribution in [2.24, 2.45) is 0 Å². The van der Waals surface area contributed by atoms with Crippen molar-refractivity contribution < 1.29 is 9.53 Å². The second kappa shape index (κ2) is 7.24. The number of nitrogens with zero attached hydrogens (tertiary/aromatic N) is 3. The van der Waals surface area contributed by atoms with Gasteiger partial charge in [-0.3, -0.25) is 4.79 Å². The molecule has 0 fully saturated rings. The molecule has 0 aliphatic heterocycles. The molecule has 0 saturated carbocycles. The van der Waals surface area contributed by atoms with Crippen LogP contribution in [0, 0.1) is 0 Å². The molecule has 21 heavy (non-hydrogen) atoms. The lowest BCUT2D eigenvalue weighted by molar-refractivity contribution is 0.0767. The van der Waals surface area contributed by atoms with Gasteiger partial charge in [0.2, 0.25) is 0 Å². The van der Waals surface area contributed by atoms with Gasteiger partial charge in [0.1, 0.15) is 23.2 Å². The zero-order valence-electron chi connectivity index (χ0n) is 11.3. The molecule has 1 aromatic heterocycles. The summed E-state index contributed by atoms with van der Waals surface area (Å²) in [6.45, 7) is 0.788. The maximum atomic E-state index is 12.1. The Hall–Kier alpha value is -1.85. The van der Waals surface area contributed by atoms with Crippen LogP contribution in [0.15, 0.2) is 36.7 Å². The predicted molar refractivity (Wildman–Crippen MR) is 80.9 cm³/mol. The highest BCUT2D eigenvalue weighted by Gasteiger charge is 2.13. The summed E-state index contributed by atoms with van der Waals surface area (Å²) < 4.78 is 5.53. The maximum absolute atomic E-state index is 12.1. The lowest BCUT2D eigenvalue weighted by atomic mass is 10.3. The van der Waals surface area contributed by atoms with Gasteiger partial charge in [0.05, 0.1) is 18.9 Å². The highest BCUT2D eigenvalue weighted by molar-refractivity contribution is 6.30. The predicted octanol–water partition coefficient (Wildman–Crippen LogP) is 2.93. The quantitative estimate of drug-likeness (QED) is 0.848. The molecular formula is C14H13Cl2N3O2. The molecule has 2 rings (SSSR count). The molecule has 0 bridgehead atoms. The topological polar surface area (TPSA) is 55.3 Å². The van der Waals surface area contributed by atoms with Gasteiger partial charge in [-0.15, -0.1) is 0 Å². The monoisotopic (exact) mass is 325 g/mol. The number of amides is 1. The third-order valence-corrected chi connectivity index (χ3v) is 3.14. The first-order valence-electron chi connectivity index (χ1n) is 6.17. The molecule has 2 aromatic rings. The van der Waals surface area contributed by atoms with Gasteiger partial charge >= 0.3 is 0 Å². The Morgan fingerprint density at radius 1 is 1.19 bits per heavy atom. The largest absolute Gasteiger partial charge is 0.492 e. The van der Waals surface area contributed by atoms with Crippen LogP contribution in [0.2, 0.25) is 10.2 Å². The molecule has 7 heteroatoms. The van der Waals surface area contributed by atoms with E-state index in [1.165, 1.54) is 17.3 Å². The molecule has 1 aromatic carbocycles. The summed E-state index contributed by atoms with van der Waals surface area (Å²) in [6.07, 6.45) is 2.69. The van der Waals surface area contributed by atoms with Crippen LogP contribution < -0.4 is 4.74 Å². The fourth-order valence-corrected chi connectivity index (χ4v) is 1.77. The van der Waals surface area contributed by atoms with Crippen molar-refractivity contribution in [3.8, 4) is 5.75 Å². The molecule has 0 saturated heterocycles. The smallest absolute Gasteiger partial charge is 0.273 e. The van der Waals surface area contributed by atoms with Crippen molar-refractivity contribution in [1.29, 1.82) is 0 Å². The van der Waals surface area contributed by atoms with Gasteiger partial charge in [-0.05, 0) is 24.3 Å². The molecular weight excluding hydrogens is 313 g/mol. The summed E-state index contributed by atoms with van der Waals surface area (Å²) in [7, 11) is 1.67. The number of aromatic nitrogens is 2. The average molecular weight is 326 g/mol. The average Bonchev–Trinajstić information content (AvgIpc) is 2.49. The van der Waals surface area contributed by atoms with Crippen LogP contribution in [0.5, 0.6) is 5.75 Å². The van der Waals surface area contributed by atoms with Gasteiger partial charge < -0.3 is 9.64 Å². The Bertz CT molecular complexity index is 603. The maximum Gasteiger partial charge on any atom is 0.273 e. The number of halogens is 2. The van der Waals surface area contributed by atoms with E-state index in [0.717, 1.165) is 0 Å². The van der Waals surface area contributed by atoms with Gasteiger partial charge in [-0.25, -0.2) is 9.97 Å². The van der Waals surface area contributed by atoms with E-state index in [1.54, 1.807) is 31.3 Å². The van der Waals surface area contributed by atoms with Crippen LogP contribution in [-0.2, 0) is 0 Å². The first-order valence-corrected chi connectivity index (χ1v) is 6.93. The molecule has 110 valence electrons. The SMILES string of the molecule is CN(CCOc1ccc(Cl)cc1)C(=O)c1cnc(Cl)cn1. The van der Waals surface area contributed by atoms with Crippen molar-refractivity contribution in [3.63, 3.8) is 0 Å². The summed E-state index contributed by atoms with van der Waals surface area (Å²) in [4.78, 5) is 21.3. The number of carbonyl (C=O) groups is 1. The molecule has 5 nitrogen and oxygen atoms in total. The van der Waals surface area contributed by atoms with Crippen LogP contribution in [0.25, 0.3) is 0 Å². The zero-order chi connectivity index (χ0) is 15.2. The number of benzene rings is 1. The van der Waals surface area contributed by atoms with Crippen LogP contribution in [0.4, 0.5) is 0 Å². The van der Waals surface area contributed by atoms with Gasteiger partial charge in [-0.1, -0.05) is 23.2 Å². The van der Waals surface area contributed by atoms with E-state index in [2.05, 4.69) is 9.97 Å². The first-order chi connectivity index (χ1) is 10.1. The second-order valence-corrected chi connectivity index (χ2v) is 5.08. The number of hydrogen-bond acceptors (Lipinski definition) is 4. The molecule has 1 heterocycles. The highest BCUT2D eigenvalue weighted by Crippen LogP contribution is 2.15. The molecule has 1 amide bonds. The van der Waals surface area contributed by atoms with E-state index in [0.29, 0.717) is 23.9 Å². The third kappa shape index (κ3) is 4.58. The number of rotatable bonds is 5. The Kier molecular flexibility index (Phi) is 5.36. The Labute approximate surface area is 132 Å². The second-order valence-electron chi connectivity index (χ2n) is 4.25. The molecule has 0 N–H and O–H groups in total. The number of carbonyl (C=O) groups excluding carboxylic acids is 1. The van der Waals surface area contributed by atoms with Crippen LogP contribution in [-0.4, -0.2) is 41.0 Å². The van der Waals surface area contributed by atoms with E-state index >= 15 is 0 Å². The number of ether oxygens (including phenoxy) is 1. The Balaban J connectivity index is 1.83. The molecule has 0 aliphatic carbocycles. The van der Waals surface area contributed by atoms with Gasteiger partial charge in [0.25, 0.3) is 5.91 Å². The van der Waals surface area contributed by atoms with Gasteiger partial charge in [0.15, 0.2) is 0 Å². The lowest BCUT2D eigenvalue weighted by Crippen LogP contribution is -2.31. The van der Waals surface area contributed by atoms with Crippen molar-refractivity contribution >= 4 is 29.1 Å². The summed E-state index contributed by atoms with van der Waals surface area (Å²) in [5.41, 5.74) is 0.244. The van der Waals surface area contributed by atoms with E-state index < -0.39 is 0 Å². The van der Waals surface area contributed by atoms with E-state index in [1.807, 2.05) is 0 Å². The minimum atomic E-state index is -0.237. The van der Waals surface area contributed by atoms with Crippen molar-refractivity contribution in [2.45, 2.75) is 0 Å². The number of likely N-dealkylation sites (N-methyl/N-ethyl adjacent to an activating group) is 1. The first kappa shape index (κ1) is 15.5. The molecule has 0 atom stereocenters. The van der Waals surface area contributed by atoms with Crippen LogP contribution in [0.3, 0.4) is 0 Å². The fraction of sp³-hybridized carbons (Fsp3) is 0.214. The lowest BCUT2D eigenvalue weighted by Gasteiger charge is -2.16. The Morgan fingerprint density at radius 3 is 2.52 bits per heavy atom. The van der Waals surface area contributed by atoms with Gasteiger partial charge in [-0.2, -0.15) is 0 Å².